The summed E-state index contributed by atoms with van der Waals surface area (Å²) in [4.78, 5) is 20.3. The highest BCUT2D eigenvalue weighted by Gasteiger charge is 2.28. The van der Waals surface area contributed by atoms with Gasteiger partial charge >= 0.3 is 0 Å². The number of hydrogen-bond donors (Lipinski definition) is 0. The summed E-state index contributed by atoms with van der Waals surface area (Å²) in [5.74, 6) is 4.49. The molecule has 29 heavy (non-hydrogen) atoms. The van der Waals surface area contributed by atoms with Crippen LogP contribution in [0.3, 0.4) is 0 Å². The highest BCUT2D eigenvalue weighted by molar-refractivity contribution is 7.92. The van der Waals surface area contributed by atoms with Gasteiger partial charge in [0, 0.05) is 59.9 Å². The molecule has 2 aliphatic rings. The second kappa shape index (κ2) is 7.65. The first kappa shape index (κ1) is 19.7. The van der Waals surface area contributed by atoms with Crippen LogP contribution < -0.4 is 4.90 Å². The van der Waals surface area contributed by atoms with Gasteiger partial charge in [0.25, 0.3) is 0 Å². The summed E-state index contributed by atoms with van der Waals surface area (Å²) in [5, 5.41) is 0. The zero-order valence-corrected chi connectivity index (χ0v) is 17.8. The van der Waals surface area contributed by atoms with Crippen LogP contribution in [0.25, 0.3) is 5.57 Å². The Hall–Kier alpha value is -2.64. The predicted molar refractivity (Wildman–Crippen MR) is 114 cm³/mol. The molecule has 0 saturated carbocycles. The van der Waals surface area contributed by atoms with Crippen molar-refractivity contribution in [2.24, 2.45) is 4.36 Å². The standard InChI is InChI=1S/C19H20N6O2S2/c1-4-13-11-20-17(21-12-13)14-5-8-25(9-6-14)19-22-15-7-10-28(26)16(15)18(23-19)24-29(2,3)27/h1,5,11-12H,6-10H2,2-3H3/t28-/m0/s1. The van der Waals surface area contributed by atoms with Crippen molar-refractivity contribution < 1.29 is 8.42 Å². The van der Waals surface area contributed by atoms with Gasteiger partial charge in [-0.05, 0) is 12.0 Å². The SMILES string of the molecule is C#Cc1cnc(C2=CCN(c3nc4c(c(N=S(C)(C)=O)n3)[S@@](=O)CC4)CC2)nc1. The minimum absolute atomic E-state index is 0.291. The van der Waals surface area contributed by atoms with Crippen molar-refractivity contribution in [1.82, 2.24) is 19.9 Å². The highest BCUT2D eigenvalue weighted by Crippen LogP contribution is 2.33. The molecule has 2 aliphatic heterocycles. The lowest BCUT2D eigenvalue weighted by atomic mass is 10.1. The lowest BCUT2D eigenvalue weighted by Crippen LogP contribution is -2.30. The monoisotopic (exact) mass is 428 g/mol. The predicted octanol–water partition coefficient (Wildman–Crippen LogP) is 1.56. The normalized spacial score (nSPS) is 18.7. The van der Waals surface area contributed by atoms with Gasteiger partial charge in [0.15, 0.2) is 11.6 Å². The van der Waals surface area contributed by atoms with Crippen LogP contribution in [-0.2, 0) is 26.9 Å². The molecule has 1 atom stereocenters. The Morgan fingerprint density at radius 2 is 2.00 bits per heavy atom. The van der Waals surface area contributed by atoms with Crippen LogP contribution in [-0.4, -0.2) is 59.7 Å². The molecule has 0 unspecified atom stereocenters. The number of hydrogen-bond acceptors (Lipinski definition) is 8. The zero-order valence-electron chi connectivity index (χ0n) is 16.2. The lowest BCUT2D eigenvalue weighted by molar-refractivity contribution is 0.684. The minimum Gasteiger partial charge on any atom is -0.337 e. The van der Waals surface area contributed by atoms with Crippen LogP contribution in [0, 0.1) is 12.3 Å². The van der Waals surface area contributed by atoms with Gasteiger partial charge in [-0.3, -0.25) is 4.21 Å². The molecular weight excluding hydrogens is 408 g/mol. The van der Waals surface area contributed by atoms with Gasteiger partial charge in [-0.15, -0.1) is 6.42 Å². The molecule has 0 saturated heterocycles. The number of terminal acetylenes is 1. The summed E-state index contributed by atoms with van der Waals surface area (Å²) in [6.45, 7) is 1.27. The van der Waals surface area contributed by atoms with Gasteiger partial charge in [-0.1, -0.05) is 12.0 Å². The van der Waals surface area contributed by atoms with Crippen LogP contribution in [0.2, 0.25) is 0 Å². The molecule has 2 aromatic heterocycles. The Morgan fingerprint density at radius 3 is 2.62 bits per heavy atom. The maximum atomic E-state index is 12.3. The molecule has 0 radical (unpaired) electrons. The molecule has 2 aromatic rings. The van der Waals surface area contributed by atoms with Crippen LogP contribution in [0.1, 0.15) is 23.5 Å². The number of fused-ring (bicyclic) bond motifs is 1. The summed E-state index contributed by atoms with van der Waals surface area (Å²) in [6.07, 6.45) is 15.1. The molecule has 0 aliphatic carbocycles. The Morgan fingerprint density at radius 1 is 1.24 bits per heavy atom. The van der Waals surface area contributed by atoms with Gasteiger partial charge < -0.3 is 4.90 Å². The van der Waals surface area contributed by atoms with Gasteiger partial charge in [0.2, 0.25) is 5.95 Å². The molecule has 10 heteroatoms. The maximum absolute atomic E-state index is 12.3. The number of nitrogens with zero attached hydrogens (tertiary/aromatic N) is 6. The minimum atomic E-state index is -2.43. The largest absolute Gasteiger partial charge is 0.337 e. The Bertz CT molecular complexity index is 1180. The van der Waals surface area contributed by atoms with Crippen LogP contribution in [0.4, 0.5) is 11.8 Å². The quantitative estimate of drug-likeness (QED) is 0.684. The number of anilines is 1. The summed E-state index contributed by atoms with van der Waals surface area (Å²) >= 11 is 0. The van der Waals surface area contributed by atoms with E-state index in [4.69, 9.17) is 6.42 Å². The van der Waals surface area contributed by atoms with E-state index in [9.17, 15) is 8.42 Å². The second-order valence-electron chi connectivity index (χ2n) is 7.06. The third-order valence-corrected chi connectivity index (χ3v) is 6.62. The summed E-state index contributed by atoms with van der Waals surface area (Å²) in [5.41, 5.74) is 2.43. The van der Waals surface area contributed by atoms with E-state index in [1.165, 1.54) is 0 Å². The maximum Gasteiger partial charge on any atom is 0.228 e. The fourth-order valence-corrected chi connectivity index (χ4v) is 5.09. The van der Waals surface area contributed by atoms with Crippen molar-refractivity contribution in [3.63, 3.8) is 0 Å². The molecule has 0 bridgehead atoms. The molecule has 0 spiro atoms. The topological polar surface area (TPSA) is 101 Å². The van der Waals surface area contributed by atoms with Crippen molar-refractivity contribution in [2.45, 2.75) is 17.7 Å². The molecular formula is C19H20N6O2S2. The third-order valence-electron chi connectivity index (χ3n) is 4.56. The molecule has 0 fully saturated rings. The fourth-order valence-electron chi connectivity index (χ4n) is 3.20. The number of rotatable bonds is 3. The van der Waals surface area contributed by atoms with E-state index in [-0.39, 0.29) is 0 Å². The van der Waals surface area contributed by atoms with Crippen molar-refractivity contribution in [3.05, 3.63) is 35.6 Å². The molecule has 150 valence electrons. The van der Waals surface area contributed by atoms with Crippen LogP contribution in [0.15, 0.2) is 27.7 Å². The smallest absolute Gasteiger partial charge is 0.228 e. The Kier molecular flexibility index (Phi) is 5.19. The van der Waals surface area contributed by atoms with Crippen molar-refractivity contribution in [2.75, 3.05) is 36.3 Å². The van der Waals surface area contributed by atoms with Gasteiger partial charge in [-0.2, -0.15) is 9.35 Å². The van der Waals surface area contributed by atoms with E-state index < -0.39 is 20.5 Å². The van der Waals surface area contributed by atoms with Crippen molar-refractivity contribution in [1.29, 1.82) is 0 Å². The van der Waals surface area contributed by atoms with Crippen LogP contribution >= 0.6 is 0 Å². The first-order chi connectivity index (χ1) is 13.8. The van der Waals surface area contributed by atoms with E-state index in [2.05, 4.69) is 30.2 Å². The summed E-state index contributed by atoms with van der Waals surface area (Å²) < 4.78 is 28.8. The van der Waals surface area contributed by atoms with E-state index in [1.54, 1.807) is 24.9 Å². The second-order valence-corrected chi connectivity index (χ2v) is 11.1. The third kappa shape index (κ3) is 4.21. The van der Waals surface area contributed by atoms with Gasteiger partial charge in [0.05, 0.1) is 22.1 Å². The Balaban J connectivity index is 1.64. The lowest BCUT2D eigenvalue weighted by Gasteiger charge is -2.26. The first-order valence-corrected chi connectivity index (χ1v) is 12.7. The average molecular weight is 429 g/mol. The van der Waals surface area contributed by atoms with E-state index in [0.717, 1.165) is 17.7 Å². The van der Waals surface area contributed by atoms with E-state index in [0.29, 0.717) is 53.3 Å². The molecule has 8 nitrogen and oxygen atoms in total. The summed E-state index contributed by atoms with van der Waals surface area (Å²) in [6, 6.07) is 0. The van der Waals surface area contributed by atoms with Crippen LogP contribution in [0.5, 0.6) is 0 Å². The van der Waals surface area contributed by atoms with Crippen molar-refractivity contribution >= 4 is 37.9 Å². The van der Waals surface area contributed by atoms with Gasteiger partial charge in [0.1, 0.15) is 4.90 Å². The van der Waals surface area contributed by atoms with E-state index in [1.807, 2.05) is 11.0 Å². The molecule has 0 aromatic carbocycles. The van der Waals surface area contributed by atoms with Gasteiger partial charge in [-0.25, -0.2) is 19.2 Å². The zero-order chi connectivity index (χ0) is 20.6. The molecule has 0 N–H and O–H groups in total. The molecule has 0 amide bonds. The van der Waals surface area contributed by atoms with Crippen molar-refractivity contribution in [3.8, 4) is 12.3 Å². The Labute approximate surface area is 172 Å². The first-order valence-electron chi connectivity index (χ1n) is 9.03. The molecule has 4 rings (SSSR count). The average Bonchev–Trinajstić information content (AvgIpc) is 3.08. The number of aromatic nitrogens is 4. The van der Waals surface area contributed by atoms with E-state index >= 15 is 0 Å². The highest BCUT2D eigenvalue weighted by atomic mass is 32.2. The molecule has 4 heterocycles. The summed E-state index contributed by atoms with van der Waals surface area (Å²) in [7, 11) is -3.63. The number of aryl methyl sites for hydroxylation is 1. The fraction of sp³-hybridized carbons (Fsp3) is 0.368.